The average Bonchev–Trinajstić information content (AvgIpc) is 2.47. The minimum absolute atomic E-state index is 0.0871. The molecule has 1 aromatic rings. The Morgan fingerprint density at radius 3 is 2.53 bits per heavy atom. The molecule has 0 spiro atoms. The molecular weight excluding hydrogens is 238 g/mol. The largest absolute Gasteiger partial charge is 0.384 e. The number of methoxy groups -OCH3 is 1. The number of aliphatic hydroxyl groups is 1. The van der Waals surface area contributed by atoms with Crippen molar-refractivity contribution in [1.82, 2.24) is 4.90 Å². The van der Waals surface area contributed by atoms with Crippen LogP contribution in [0.5, 0.6) is 0 Å². The molecule has 3 heteroatoms. The van der Waals surface area contributed by atoms with E-state index in [2.05, 4.69) is 28.9 Å². The third-order valence-electron chi connectivity index (χ3n) is 3.54. The van der Waals surface area contributed by atoms with Crippen LogP contribution >= 0.6 is 0 Å². The van der Waals surface area contributed by atoms with Gasteiger partial charge in [-0.1, -0.05) is 24.0 Å². The molecule has 0 atom stereocenters. The second kappa shape index (κ2) is 7.30. The predicted molar refractivity (Wildman–Crippen MR) is 75.7 cm³/mol. The Morgan fingerprint density at radius 2 is 1.95 bits per heavy atom. The molecule has 0 amide bonds. The van der Waals surface area contributed by atoms with E-state index in [1.54, 1.807) is 7.11 Å². The SMILES string of the molecule is COC1CCN(Cc2ccc(C#CCO)cc2)CC1. The summed E-state index contributed by atoms with van der Waals surface area (Å²) in [5, 5.41) is 8.65. The van der Waals surface area contributed by atoms with E-state index in [0.29, 0.717) is 6.10 Å². The van der Waals surface area contributed by atoms with Gasteiger partial charge in [0.2, 0.25) is 0 Å². The van der Waals surface area contributed by atoms with E-state index in [-0.39, 0.29) is 6.61 Å². The fourth-order valence-electron chi connectivity index (χ4n) is 2.40. The van der Waals surface area contributed by atoms with Crippen LogP contribution < -0.4 is 0 Å². The summed E-state index contributed by atoms with van der Waals surface area (Å²) in [6.45, 7) is 3.11. The predicted octanol–water partition coefficient (Wildman–Crippen LogP) is 1.64. The first kappa shape index (κ1) is 14.1. The third kappa shape index (κ3) is 4.36. The summed E-state index contributed by atoms with van der Waals surface area (Å²) in [5.74, 6) is 5.57. The molecule has 0 saturated carbocycles. The van der Waals surface area contributed by atoms with Crippen LogP contribution in [0.25, 0.3) is 0 Å². The standard InChI is InChI=1S/C16H21NO2/c1-19-16-8-10-17(11-9-16)13-15-6-4-14(5-7-15)3-2-12-18/h4-7,16,18H,8-13H2,1H3. The maximum Gasteiger partial charge on any atom is 0.104 e. The number of benzene rings is 1. The molecule has 1 heterocycles. The lowest BCUT2D eigenvalue weighted by molar-refractivity contribution is 0.0388. The summed E-state index contributed by atoms with van der Waals surface area (Å²) >= 11 is 0. The van der Waals surface area contributed by atoms with Gasteiger partial charge in [0.05, 0.1) is 6.10 Å². The summed E-state index contributed by atoms with van der Waals surface area (Å²) in [4.78, 5) is 2.46. The highest BCUT2D eigenvalue weighted by Crippen LogP contribution is 2.15. The van der Waals surface area contributed by atoms with Crippen molar-refractivity contribution in [2.75, 3.05) is 26.8 Å². The Balaban J connectivity index is 1.86. The molecule has 0 bridgehead atoms. The Kier molecular flexibility index (Phi) is 5.41. The molecule has 3 nitrogen and oxygen atoms in total. The summed E-state index contributed by atoms with van der Waals surface area (Å²) in [5.41, 5.74) is 2.27. The van der Waals surface area contributed by atoms with Gasteiger partial charge >= 0.3 is 0 Å². The zero-order valence-electron chi connectivity index (χ0n) is 11.4. The van der Waals surface area contributed by atoms with Crippen LogP contribution in [-0.2, 0) is 11.3 Å². The Hall–Kier alpha value is -1.34. The Bertz CT molecular complexity index is 436. The van der Waals surface area contributed by atoms with E-state index in [1.165, 1.54) is 5.56 Å². The van der Waals surface area contributed by atoms with Gasteiger partial charge in [-0.2, -0.15) is 0 Å². The lowest BCUT2D eigenvalue weighted by atomic mass is 10.1. The number of nitrogens with zero attached hydrogens (tertiary/aromatic N) is 1. The number of hydrogen-bond acceptors (Lipinski definition) is 3. The zero-order chi connectivity index (χ0) is 13.5. The molecule has 1 N–H and O–H groups in total. The van der Waals surface area contributed by atoms with Crippen molar-refractivity contribution in [3.63, 3.8) is 0 Å². The van der Waals surface area contributed by atoms with Crippen molar-refractivity contribution in [3.05, 3.63) is 35.4 Å². The minimum atomic E-state index is -0.0871. The van der Waals surface area contributed by atoms with Crippen LogP contribution in [0.15, 0.2) is 24.3 Å². The van der Waals surface area contributed by atoms with Crippen molar-refractivity contribution in [2.24, 2.45) is 0 Å². The van der Waals surface area contributed by atoms with E-state index in [0.717, 1.165) is 38.0 Å². The maximum atomic E-state index is 8.65. The van der Waals surface area contributed by atoms with E-state index in [4.69, 9.17) is 9.84 Å². The van der Waals surface area contributed by atoms with E-state index in [9.17, 15) is 0 Å². The van der Waals surface area contributed by atoms with Crippen LogP contribution in [0.4, 0.5) is 0 Å². The van der Waals surface area contributed by atoms with Crippen molar-refractivity contribution < 1.29 is 9.84 Å². The smallest absolute Gasteiger partial charge is 0.104 e. The molecule has 1 aliphatic rings. The molecule has 0 aromatic heterocycles. The molecule has 1 aliphatic heterocycles. The summed E-state index contributed by atoms with van der Waals surface area (Å²) in [7, 11) is 1.80. The van der Waals surface area contributed by atoms with Gasteiger partial charge in [-0.15, -0.1) is 0 Å². The van der Waals surface area contributed by atoms with E-state index >= 15 is 0 Å². The molecule has 0 unspecified atom stereocenters. The molecule has 1 fully saturated rings. The molecule has 0 radical (unpaired) electrons. The van der Waals surface area contributed by atoms with Gasteiger partial charge in [0, 0.05) is 32.3 Å². The number of rotatable bonds is 3. The summed E-state index contributed by atoms with van der Waals surface area (Å²) in [6, 6.07) is 8.26. The number of likely N-dealkylation sites (tertiary alicyclic amines) is 1. The molecule has 2 rings (SSSR count). The Morgan fingerprint density at radius 1 is 1.26 bits per heavy atom. The normalized spacial score (nSPS) is 16.9. The lowest BCUT2D eigenvalue weighted by Gasteiger charge is -2.31. The first-order valence-electron chi connectivity index (χ1n) is 6.75. The van der Waals surface area contributed by atoms with Crippen LogP contribution in [0.1, 0.15) is 24.0 Å². The highest BCUT2D eigenvalue weighted by atomic mass is 16.5. The van der Waals surface area contributed by atoms with Crippen LogP contribution in [0.2, 0.25) is 0 Å². The van der Waals surface area contributed by atoms with Gasteiger partial charge in [0.25, 0.3) is 0 Å². The molecule has 19 heavy (non-hydrogen) atoms. The molecule has 1 aromatic carbocycles. The van der Waals surface area contributed by atoms with Crippen LogP contribution in [0, 0.1) is 11.8 Å². The number of hydrogen-bond donors (Lipinski definition) is 1. The Labute approximate surface area is 115 Å². The van der Waals surface area contributed by atoms with Gasteiger partial charge in [-0.05, 0) is 30.5 Å². The fraction of sp³-hybridized carbons (Fsp3) is 0.500. The minimum Gasteiger partial charge on any atom is -0.384 e. The van der Waals surface area contributed by atoms with Crippen LogP contribution in [-0.4, -0.2) is 42.9 Å². The number of ether oxygens (including phenoxy) is 1. The fourth-order valence-corrected chi connectivity index (χ4v) is 2.40. The topological polar surface area (TPSA) is 32.7 Å². The molecule has 0 aliphatic carbocycles. The van der Waals surface area contributed by atoms with Gasteiger partial charge in [-0.3, -0.25) is 4.90 Å². The second-order valence-corrected chi connectivity index (χ2v) is 4.87. The van der Waals surface area contributed by atoms with E-state index < -0.39 is 0 Å². The maximum absolute atomic E-state index is 8.65. The zero-order valence-corrected chi connectivity index (χ0v) is 11.4. The molecule has 102 valence electrons. The van der Waals surface area contributed by atoms with Gasteiger partial charge in [-0.25, -0.2) is 0 Å². The highest BCUT2D eigenvalue weighted by Gasteiger charge is 2.18. The van der Waals surface area contributed by atoms with Gasteiger partial charge in [0.1, 0.15) is 6.61 Å². The van der Waals surface area contributed by atoms with Gasteiger partial charge < -0.3 is 9.84 Å². The second-order valence-electron chi connectivity index (χ2n) is 4.87. The highest BCUT2D eigenvalue weighted by molar-refractivity contribution is 5.36. The van der Waals surface area contributed by atoms with Crippen molar-refractivity contribution in [2.45, 2.75) is 25.5 Å². The monoisotopic (exact) mass is 259 g/mol. The molecular formula is C16H21NO2. The van der Waals surface area contributed by atoms with Crippen molar-refractivity contribution in [3.8, 4) is 11.8 Å². The number of aliphatic hydroxyl groups excluding tert-OH is 1. The first-order chi connectivity index (χ1) is 9.31. The average molecular weight is 259 g/mol. The van der Waals surface area contributed by atoms with Gasteiger partial charge in [0.15, 0.2) is 0 Å². The number of piperidine rings is 1. The van der Waals surface area contributed by atoms with E-state index in [1.807, 2.05) is 12.1 Å². The lowest BCUT2D eigenvalue weighted by Crippen LogP contribution is -2.36. The van der Waals surface area contributed by atoms with Crippen LogP contribution in [0.3, 0.4) is 0 Å². The van der Waals surface area contributed by atoms with Crippen molar-refractivity contribution in [1.29, 1.82) is 0 Å². The molecule has 1 saturated heterocycles. The first-order valence-corrected chi connectivity index (χ1v) is 6.75. The summed E-state index contributed by atoms with van der Waals surface area (Å²) in [6.07, 6.45) is 2.68. The van der Waals surface area contributed by atoms with Crippen molar-refractivity contribution >= 4 is 0 Å². The quantitative estimate of drug-likeness (QED) is 0.838. The summed E-state index contributed by atoms with van der Waals surface area (Å²) < 4.78 is 5.38. The third-order valence-corrected chi connectivity index (χ3v) is 3.54.